The predicted molar refractivity (Wildman–Crippen MR) is 135 cm³/mol. The van der Waals surface area contributed by atoms with E-state index in [1.165, 1.54) is 28.7 Å². The average molecular weight is 500 g/mol. The molecule has 1 aromatic rings. The van der Waals surface area contributed by atoms with Crippen molar-refractivity contribution in [3.05, 3.63) is 29.8 Å². The highest BCUT2D eigenvalue weighted by Crippen LogP contribution is 2.31. The van der Waals surface area contributed by atoms with Gasteiger partial charge in [-0.05, 0) is 43.0 Å². The first-order chi connectivity index (χ1) is 16.9. The Kier molecular flexibility index (Phi) is 8.37. The molecule has 0 radical (unpaired) electrons. The van der Waals surface area contributed by atoms with E-state index in [-0.39, 0.29) is 48.4 Å². The SMILES string of the molecule is CC(=O)N(C)CC(=O)N1CC(=O)[C@@H]2C1CCN2C(=O)[C@H](CC(C)C)NC(=O)c1ccc(N(C)C)cc1. The molecule has 1 N–H and O–H groups in total. The number of amides is 4. The molecule has 2 heterocycles. The number of carbonyl (C=O) groups is 5. The number of hydrogen-bond acceptors (Lipinski definition) is 6. The molecule has 196 valence electrons. The molecule has 0 aromatic heterocycles. The predicted octanol–water partition coefficient (Wildman–Crippen LogP) is 0.756. The molecular formula is C26H37N5O5. The fraction of sp³-hybridized carbons (Fsp3) is 0.577. The maximum atomic E-state index is 13.6. The Balaban J connectivity index is 1.73. The molecule has 1 unspecified atom stereocenters. The second-order valence-corrected chi connectivity index (χ2v) is 10.3. The molecule has 2 aliphatic heterocycles. The van der Waals surface area contributed by atoms with Crippen molar-refractivity contribution in [3.8, 4) is 0 Å². The first-order valence-corrected chi connectivity index (χ1v) is 12.3. The van der Waals surface area contributed by atoms with Crippen LogP contribution in [0.5, 0.6) is 0 Å². The van der Waals surface area contributed by atoms with E-state index in [2.05, 4.69) is 5.32 Å². The van der Waals surface area contributed by atoms with E-state index in [9.17, 15) is 24.0 Å². The number of ketones is 1. The van der Waals surface area contributed by atoms with Crippen molar-refractivity contribution in [2.75, 3.05) is 45.7 Å². The second kappa shape index (κ2) is 11.1. The van der Waals surface area contributed by atoms with Gasteiger partial charge in [-0.2, -0.15) is 0 Å². The van der Waals surface area contributed by atoms with Crippen LogP contribution in [-0.2, 0) is 19.2 Å². The van der Waals surface area contributed by atoms with Gasteiger partial charge in [-0.25, -0.2) is 0 Å². The molecule has 2 saturated heterocycles. The Bertz CT molecular complexity index is 1020. The van der Waals surface area contributed by atoms with Gasteiger partial charge < -0.3 is 24.9 Å². The number of rotatable bonds is 8. The van der Waals surface area contributed by atoms with Gasteiger partial charge in [0.2, 0.25) is 17.7 Å². The molecular weight excluding hydrogens is 462 g/mol. The van der Waals surface area contributed by atoms with Crippen LogP contribution in [0.2, 0.25) is 0 Å². The third-order valence-corrected chi connectivity index (χ3v) is 6.89. The summed E-state index contributed by atoms with van der Waals surface area (Å²) in [6.45, 7) is 5.45. The fourth-order valence-electron chi connectivity index (χ4n) is 4.84. The summed E-state index contributed by atoms with van der Waals surface area (Å²) >= 11 is 0. The molecule has 1 aromatic carbocycles. The molecule has 36 heavy (non-hydrogen) atoms. The molecule has 0 bridgehead atoms. The van der Waals surface area contributed by atoms with Crippen LogP contribution in [0.15, 0.2) is 24.3 Å². The van der Waals surface area contributed by atoms with Gasteiger partial charge in [0, 0.05) is 45.9 Å². The van der Waals surface area contributed by atoms with Crippen molar-refractivity contribution in [2.45, 2.75) is 51.7 Å². The Labute approximate surface area is 212 Å². The van der Waals surface area contributed by atoms with Crippen molar-refractivity contribution in [1.82, 2.24) is 20.0 Å². The van der Waals surface area contributed by atoms with Crippen LogP contribution < -0.4 is 10.2 Å². The van der Waals surface area contributed by atoms with Gasteiger partial charge in [0.15, 0.2) is 5.78 Å². The summed E-state index contributed by atoms with van der Waals surface area (Å²) in [4.78, 5) is 70.1. The zero-order valence-electron chi connectivity index (χ0n) is 22.0. The highest BCUT2D eigenvalue weighted by atomic mass is 16.2. The number of likely N-dealkylation sites (N-methyl/N-ethyl adjacent to an activating group) is 1. The lowest BCUT2D eigenvalue weighted by molar-refractivity contribution is -0.139. The van der Waals surface area contributed by atoms with E-state index < -0.39 is 18.1 Å². The normalized spacial score (nSPS) is 19.8. The monoisotopic (exact) mass is 499 g/mol. The van der Waals surface area contributed by atoms with Crippen LogP contribution in [0.1, 0.15) is 44.0 Å². The van der Waals surface area contributed by atoms with E-state index in [4.69, 9.17) is 0 Å². The molecule has 10 nitrogen and oxygen atoms in total. The lowest BCUT2D eigenvalue weighted by atomic mass is 10.0. The molecule has 4 amide bonds. The molecule has 2 aliphatic rings. The van der Waals surface area contributed by atoms with Gasteiger partial charge in [0.05, 0.1) is 19.1 Å². The third-order valence-electron chi connectivity index (χ3n) is 6.89. The van der Waals surface area contributed by atoms with E-state index in [1.54, 1.807) is 12.1 Å². The molecule has 0 saturated carbocycles. The number of nitrogens with one attached hydrogen (secondary N) is 1. The summed E-state index contributed by atoms with van der Waals surface area (Å²) in [7, 11) is 5.36. The number of benzene rings is 1. The maximum absolute atomic E-state index is 13.6. The smallest absolute Gasteiger partial charge is 0.251 e. The Morgan fingerprint density at radius 2 is 1.69 bits per heavy atom. The summed E-state index contributed by atoms with van der Waals surface area (Å²) in [6, 6.07) is 5.19. The van der Waals surface area contributed by atoms with Crippen LogP contribution in [0.25, 0.3) is 0 Å². The Hall–Kier alpha value is -3.43. The van der Waals surface area contributed by atoms with E-state index in [0.29, 0.717) is 24.9 Å². The second-order valence-electron chi connectivity index (χ2n) is 10.3. The third kappa shape index (κ3) is 5.85. The van der Waals surface area contributed by atoms with Crippen molar-refractivity contribution in [2.24, 2.45) is 5.92 Å². The lowest BCUT2D eigenvalue weighted by Crippen LogP contribution is -2.53. The van der Waals surface area contributed by atoms with Crippen LogP contribution in [0, 0.1) is 5.92 Å². The van der Waals surface area contributed by atoms with Crippen molar-refractivity contribution in [3.63, 3.8) is 0 Å². The minimum atomic E-state index is -0.786. The van der Waals surface area contributed by atoms with Crippen LogP contribution in [0.4, 0.5) is 5.69 Å². The first-order valence-electron chi connectivity index (χ1n) is 12.3. The molecule has 3 atom stereocenters. The number of anilines is 1. The highest BCUT2D eigenvalue weighted by Gasteiger charge is 2.52. The van der Waals surface area contributed by atoms with E-state index in [0.717, 1.165) is 5.69 Å². The number of nitrogens with zero attached hydrogens (tertiary/aromatic N) is 4. The van der Waals surface area contributed by atoms with E-state index in [1.807, 2.05) is 45.0 Å². The Morgan fingerprint density at radius 1 is 1.06 bits per heavy atom. The van der Waals surface area contributed by atoms with Crippen LogP contribution in [-0.4, -0.2) is 103 Å². The summed E-state index contributed by atoms with van der Waals surface area (Å²) in [6.07, 6.45) is 0.903. The van der Waals surface area contributed by atoms with Crippen molar-refractivity contribution >= 4 is 35.1 Å². The fourth-order valence-corrected chi connectivity index (χ4v) is 4.84. The van der Waals surface area contributed by atoms with Gasteiger partial charge in [-0.3, -0.25) is 24.0 Å². The van der Waals surface area contributed by atoms with Gasteiger partial charge in [0.25, 0.3) is 5.91 Å². The Morgan fingerprint density at radius 3 is 2.25 bits per heavy atom. The van der Waals surface area contributed by atoms with E-state index >= 15 is 0 Å². The van der Waals surface area contributed by atoms with Gasteiger partial charge in [-0.1, -0.05) is 13.8 Å². The number of Topliss-reactive ketones (excluding diaryl/α,β-unsaturated/α-hetero) is 1. The first kappa shape index (κ1) is 27.2. The van der Waals surface area contributed by atoms with Crippen molar-refractivity contribution in [1.29, 1.82) is 0 Å². The van der Waals surface area contributed by atoms with Crippen molar-refractivity contribution < 1.29 is 24.0 Å². The molecule has 0 spiro atoms. The zero-order chi connectivity index (χ0) is 26.7. The molecule has 0 aliphatic carbocycles. The highest BCUT2D eigenvalue weighted by molar-refractivity contribution is 6.01. The number of fused-ring (bicyclic) bond motifs is 1. The summed E-state index contributed by atoms with van der Waals surface area (Å²) in [5.41, 5.74) is 1.41. The zero-order valence-corrected chi connectivity index (χ0v) is 22.0. The number of carbonyl (C=O) groups excluding carboxylic acids is 5. The topological polar surface area (TPSA) is 110 Å². The summed E-state index contributed by atoms with van der Waals surface area (Å²) in [5, 5.41) is 2.88. The molecule has 10 heteroatoms. The standard InChI is InChI=1S/C26H37N5O5/c1-16(2)13-20(27-25(35)18-7-9-19(10-8-18)28(4)5)26(36)30-12-11-21-24(30)22(33)14-31(21)23(34)15-29(6)17(3)32/h7-10,16,20-21,24H,11-15H2,1-6H3,(H,27,35)/t20-,21?,24-/m0/s1. The van der Waals surface area contributed by atoms with Crippen LogP contribution >= 0.6 is 0 Å². The minimum Gasteiger partial charge on any atom is -0.378 e. The van der Waals surface area contributed by atoms with Crippen LogP contribution in [0.3, 0.4) is 0 Å². The number of likely N-dealkylation sites (tertiary alicyclic amines) is 2. The minimum absolute atomic E-state index is 0.0802. The number of hydrogen-bond donors (Lipinski definition) is 1. The average Bonchev–Trinajstić information content (AvgIpc) is 3.39. The van der Waals surface area contributed by atoms with Gasteiger partial charge in [-0.15, -0.1) is 0 Å². The molecule has 3 rings (SSSR count). The molecule has 2 fully saturated rings. The summed E-state index contributed by atoms with van der Waals surface area (Å²) in [5.74, 6) is -1.27. The van der Waals surface area contributed by atoms with Gasteiger partial charge >= 0.3 is 0 Å². The lowest BCUT2D eigenvalue weighted by Gasteiger charge is -2.29. The largest absolute Gasteiger partial charge is 0.378 e. The van der Waals surface area contributed by atoms with Gasteiger partial charge in [0.1, 0.15) is 12.1 Å². The quantitative estimate of drug-likeness (QED) is 0.565. The maximum Gasteiger partial charge on any atom is 0.251 e. The summed E-state index contributed by atoms with van der Waals surface area (Å²) < 4.78 is 0.